The highest BCUT2D eigenvalue weighted by Crippen LogP contribution is 2.27. The van der Waals surface area contributed by atoms with E-state index in [2.05, 4.69) is 6.92 Å². The minimum Gasteiger partial charge on any atom is -0.465 e. The van der Waals surface area contributed by atoms with Crippen molar-refractivity contribution in [3.8, 4) is 0 Å². The molecular weight excluding hydrogens is 306 g/mol. The van der Waals surface area contributed by atoms with Crippen LogP contribution in [-0.4, -0.2) is 29.5 Å². The topological polar surface area (TPSA) is 26.3 Å². The van der Waals surface area contributed by atoms with Crippen molar-refractivity contribution in [2.24, 2.45) is 5.92 Å². The maximum Gasteiger partial charge on any atom is 0.319 e. The Hall–Kier alpha value is -0.320. The van der Waals surface area contributed by atoms with Gasteiger partial charge in [0.05, 0.1) is 6.61 Å². The van der Waals surface area contributed by atoms with Gasteiger partial charge in [0.25, 0.3) is 0 Å². The Bertz CT molecular complexity index is 296. The third-order valence-corrected chi connectivity index (χ3v) is 4.77. The van der Waals surface area contributed by atoms with Crippen molar-refractivity contribution in [3.05, 3.63) is 0 Å². The first-order valence-electron chi connectivity index (χ1n) is 8.48. The molecule has 0 rings (SSSR count). The molecule has 0 bridgehead atoms. The lowest BCUT2D eigenvalue weighted by Gasteiger charge is -2.18. The number of unbranched alkanes of at least 4 members (excludes halogenated alkanes) is 2. The zero-order valence-corrected chi connectivity index (χ0v) is 15.3. The maximum absolute atomic E-state index is 13.2. The molecule has 0 spiro atoms. The SMILES string of the molecule is CCCCCC(SCCCC(F)(F)CC)C(=O)OCC(C)C. The Morgan fingerprint density at radius 3 is 2.41 bits per heavy atom. The Kier molecular flexibility index (Phi) is 12.0. The van der Waals surface area contributed by atoms with Crippen LogP contribution >= 0.6 is 11.8 Å². The monoisotopic (exact) mass is 338 g/mol. The van der Waals surface area contributed by atoms with Crippen LogP contribution in [0.2, 0.25) is 0 Å². The molecule has 0 saturated heterocycles. The number of ether oxygens (including phenoxy) is 1. The third-order valence-electron chi connectivity index (χ3n) is 3.41. The van der Waals surface area contributed by atoms with Crippen LogP contribution in [0.25, 0.3) is 0 Å². The molecule has 0 radical (unpaired) electrons. The lowest BCUT2D eigenvalue weighted by atomic mass is 10.1. The summed E-state index contributed by atoms with van der Waals surface area (Å²) in [7, 11) is 0. The van der Waals surface area contributed by atoms with Gasteiger partial charge in [-0.2, -0.15) is 0 Å². The molecule has 0 amide bonds. The van der Waals surface area contributed by atoms with E-state index in [9.17, 15) is 13.6 Å². The van der Waals surface area contributed by atoms with E-state index in [1.807, 2.05) is 13.8 Å². The van der Waals surface area contributed by atoms with Crippen molar-refractivity contribution in [2.45, 2.75) is 83.8 Å². The van der Waals surface area contributed by atoms with Crippen LogP contribution in [0.15, 0.2) is 0 Å². The molecule has 0 heterocycles. The first-order chi connectivity index (χ1) is 10.3. The molecule has 0 fully saturated rings. The van der Waals surface area contributed by atoms with Crippen LogP contribution in [0.5, 0.6) is 0 Å². The molecule has 22 heavy (non-hydrogen) atoms. The van der Waals surface area contributed by atoms with E-state index in [-0.39, 0.29) is 24.1 Å². The van der Waals surface area contributed by atoms with Gasteiger partial charge in [-0.15, -0.1) is 11.8 Å². The summed E-state index contributed by atoms with van der Waals surface area (Å²) in [6, 6.07) is 0. The molecule has 132 valence electrons. The fraction of sp³-hybridized carbons (Fsp3) is 0.941. The number of hydrogen-bond donors (Lipinski definition) is 0. The molecule has 2 nitrogen and oxygen atoms in total. The van der Waals surface area contributed by atoms with E-state index in [4.69, 9.17) is 4.74 Å². The third kappa shape index (κ3) is 11.3. The normalized spacial score (nSPS) is 13.4. The van der Waals surface area contributed by atoms with Gasteiger partial charge in [-0.3, -0.25) is 4.79 Å². The molecule has 0 aromatic carbocycles. The lowest BCUT2D eigenvalue weighted by Crippen LogP contribution is -2.23. The van der Waals surface area contributed by atoms with Crippen LogP contribution in [-0.2, 0) is 9.53 Å². The zero-order valence-electron chi connectivity index (χ0n) is 14.5. The summed E-state index contributed by atoms with van der Waals surface area (Å²) < 4.78 is 31.7. The summed E-state index contributed by atoms with van der Waals surface area (Å²) in [5.74, 6) is -1.86. The molecule has 0 aromatic rings. The molecule has 0 saturated carbocycles. The first-order valence-corrected chi connectivity index (χ1v) is 9.53. The average Bonchev–Trinajstić information content (AvgIpc) is 2.47. The van der Waals surface area contributed by atoms with Gasteiger partial charge in [0.15, 0.2) is 0 Å². The molecule has 5 heteroatoms. The summed E-state index contributed by atoms with van der Waals surface area (Å²) in [4.78, 5) is 12.1. The molecule has 0 aliphatic heterocycles. The van der Waals surface area contributed by atoms with Crippen molar-refractivity contribution in [2.75, 3.05) is 12.4 Å². The fourth-order valence-corrected chi connectivity index (χ4v) is 3.06. The molecule has 0 aromatic heterocycles. The van der Waals surface area contributed by atoms with Crippen LogP contribution in [0.4, 0.5) is 8.78 Å². The number of rotatable bonds is 13. The van der Waals surface area contributed by atoms with Gasteiger partial charge in [0, 0.05) is 12.8 Å². The number of thioether (sulfide) groups is 1. The number of hydrogen-bond acceptors (Lipinski definition) is 3. The van der Waals surface area contributed by atoms with Crippen LogP contribution in [0.3, 0.4) is 0 Å². The highest BCUT2D eigenvalue weighted by atomic mass is 32.2. The van der Waals surface area contributed by atoms with Crippen LogP contribution in [0, 0.1) is 5.92 Å². The van der Waals surface area contributed by atoms with E-state index < -0.39 is 5.92 Å². The van der Waals surface area contributed by atoms with Gasteiger partial charge >= 0.3 is 5.97 Å². The van der Waals surface area contributed by atoms with Gasteiger partial charge < -0.3 is 4.74 Å². The van der Waals surface area contributed by atoms with E-state index in [1.165, 1.54) is 18.7 Å². The fourth-order valence-electron chi connectivity index (χ4n) is 1.92. The zero-order chi connectivity index (χ0) is 17.0. The van der Waals surface area contributed by atoms with Gasteiger partial charge in [-0.1, -0.05) is 47.0 Å². The van der Waals surface area contributed by atoms with E-state index >= 15 is 0 Å². The lowest BCUT2D eigenvalue weighted by molar-refractivity contribution is -0.144. The van der Waals surface area contributed by atoms with Gasteiger partial charge in [-0.25, -0.2) is 8.78 Å². The highest BCUT2D eigenvalue weighted by molar-refractivity contribution is 8.00. The quantitative estimate of drug-likeness (QED) is 0.318. The Labute approximate surface area is 138 Å². The number of halogens is 2. The molecule has 1 unspecified atom stereocenters. The molecule has 1 atom stereocenters. The summed E-state index contributed by atoms with van der Waals surface area (Å²) >= 11 is 1.48. The minimum atomic E-state index is -2.57. The molecule has 0 N–H and O–H groups in total. The van der Waals surface area contributed by atoms with E-state index in [0.717, 1.165) is 25.7 Å². The van der Waals surface area contributed by atoms with Crippen molar-refractivity contribution < 1.29 is 18.3 Å². The van der Waals surface area contributed by atoms with E-state index in [1.54, 1.807) is 0 Å². The predicted octanol–water partition coefficient (Wildman–Crippen LogP) is 5.69. The minimum absolute atomic E-state index is 0.0980. The first kappa shape index (κ1) is 21.7. The Balaban J connectivity index is 4.19. The Morgan fingerprint density at radius 1 is 1.18 bits per heavy atom. The molecule has 0 aliphatic carbocycles. The number of carbonyl (C=O) groups excluding carboxylic acids is 1. The van der Waals surface area contributed by atoms with Gasteiger partial charge in [0.1, 0.15) is 5.25 Å². The van der Waals surface area contributed by atoms with Gasteiger partial charge in [-0.05, 0) is 24.5 Å². The molecular formula is C17H32F2O2S. The maximum atomic E-state index is 13.2. The second kappa shape index (κ2) is 12.1. The summed E-state index contributed by atoms with van der Waals surface area (Å²) in [6.07, 6.45) is 4.17. The standard InChI is InChI=1S/C17H32F2O2S/c1-5-7-8-10-15(16(20)21-13-14(3)4)22-12-9-11-17(18,19)6-2/h14-15H,5-13H2,1-4H3. The largest absolute Gasteiger partial charge is 0.465 e. The van der Waals surface area contributed by atoms with Crippen molar-refractivity contribution >= 4 is 17.7 Å². The second-order valence-corrected chi connectivity index (χ2v) is 7.50. The Morgan fingerprint density at radius 2 is 1.86 bits per heavy atom. The number of carbonyl (C=O) groups is 1. The van der Waals surface area contributed by atoms with Crippen LogP contribution in [0.1, 0.15) is 72.6 Å². The van der Waals surface area contributed by atoms with E-state index in [0.29, 0.717) is 24.7 Å². The van der Waals surface area contributed by atoms with Crippen molar-refractivity contribution in [1.29, 1.82) is 0 Å². The summed E-state index contributed by atoms with van der Waals surface area (Å²) in [5.41, 5.74) is 0. The predicted molar refractivity (Wildman–Crippen MR) is 90.7 cm³/mol. The van der Waals surface area contributed by atoms with Gasteiger partial charge in [0.2, 0.25) is 5.92 Å². The van der Waals surface area contributed by atoms with Crippen molar-refractivity contribution in [3.63, 3.8) is 0 Å². The smallest absolute Gasteiger partial charge is 0.319 e. The molecule has 0 aliphatic rings. The summed E-state index contributed by atoms with van der Waals surface area (Å²) in [6.45, 7) is 8.05. The number of esters is 1. The summed E-state index contributed by atoms with van der Waals surface area (Å²) in [5, 5.41) is -0.208. The number of alkyl halides is 2. The average molecular weight is 339 g/mol. The second-order valence-electron chi connectivity index (χ2n) is 6.19. The van der Waals surface area contributed by atoms with Crippen LogP contribution < -0.4 is 0 Å². The van der Waals surface area contributed by atoms with Crippen molar-refractivity contribution in [1.82, 2.24) is 0 Å². The highest BCUT2D eigenvalue weighted by Gasteiger charge is 2.26.